The second-order valence-electron chi connectivity index (χ2n) is 6.19. The Bertz CT molecular complexity index is 844. The number of hydrogen-bond acceptors (Lipinski definition) is 3. The normalized spacial score (nSPS) is 19.3. The van der Waals surface area contributed by atoms with Gasteiger partial charge in [0.15, 0.2) is 0 Å². The zero-order valence-electron chi connectivity index (χ0n) is 14.0. The fourth-order valence-electron chi connectivity index (χ4n) is 3.29. The van der Waals surface area contributed by atoms with Crippen molar-refractivity contribution in [2.45, 2.75) is 12.5 Å². The van der Waals surface area contributed by atoms with Crippen LogP contribution in [0.25, 0.3) is 0 Å². The monoisotopic (exact) mass is 379 g/mol. The average Bonchev–Trinajstić information content (AvgIpc) is 3.07. The molecule has 2 aromatic rings. The third-order valence-corrected chi connectivity index (χ3v) is 4.54. The first-order valence-corrected chi connectivity index (χ1v) is 8.18. The third-order valence-electron chi connectivity index (χ3n) is 4.54. The minimum Gasteiger partial charge on any atom is -0.481 e. The summed E-state index contributed by atoms with van der Waals surface area (Å²) in [5.74, 6) is -4.42. The van der Waals surface area contributed by atoms with Gasteiger partial charge in [-0.1, -0.05) is 30.3 Å². The predicted molar refractivity (Wildman–Crippen MR) is 89.2 cm³/mol. The number of carbonyl (C=O) groups is 2. The van der Waals surface area contributed by atoms with Gasteiger partial charge in [0.2, 0.25) is 0 Å². The number of ether oxygens (including phenoxy) is 1. The largest absolute Gasteiger partial charge is 0.481 e. The molecule has 2 atom stereocenters. The minimum atomic E-state index is -3.22. The molecule has 1 aliphatic heterocycles. The van der Waals surface area contributed by atoms with Crippen LogP contribution in [-0.4, -0.2) is 41.6 Å². The Hall–Kier alpha value is -3.03. The predicted octanol–water partition coefficient (Wildman–Crippen LogP) is 3.37. The SMILES string of the molecule is O=C(O)[C@@H]1CN(C(=O)c2ccc(F)cc2OC(F)F)C[C@@H]1c1ccccc1. The first-order chi connectivity index (χ1) is 12.9. The van der Waals surface area contributed by atoms with E-state index in [2.05, 4.69) is 4.74 Å². The van der Waals surface area contributed by atoms with E-state index in [1.807, 2.05) is 0 Å². The Morgan fingerprint density at radius 1 is 1.11 bits per heavy atom. The number of carboxylic acids is 1. The summed E-state index contributed by atoms with van der Waals surface area (Å²) >= 11 is 0. The van der Waals surface area contributed by atoms with Gasteiger partial charge in [0.25, 0.3) is 5.91 Å². The van der Waals surface area contributed by atoms with Crippen molar-refractivity contribution in [1.82, 2.24) is 4.90 Å². The Morgan fingerprint density at radius 3 is 2.44 bits per heavy atom. The number of hydrogen-bond donors (Lipinski definition) is 1. The summed E-state index contributed by atoms with van der Waals surface area (Å²) in [7, 11) is 0. The van der Waals surface area contributed by atoms with Gasteiger partial charge in [-0.15, -0.1) is 0 Å². The molecule has 3 rings (SSSR count). The van der Waals surface area contributed by atoms with Gasteiger partial charge in [0.05, 0.1) is 11.5 Å². The van der Waals surface area contributed by atoms with Crippen LogP contribution >= 0.6 is 0 Å². The molecule has 0 aromatic heterocycles. The van der Waals surface area contributed by atoms with Crippen molar-refractivity contribution >= 4 is 11.9 Å². The molecule has 0 saturated carbocycles. The summed E-state index contributed by atoms with van der Waals surface area (Å²) < 4.78 is 42.8. The van der Waals surface area contributed by atoms with Gasteiger partial charge < -0.3 is 14.7 Å². The molecule has 8 heteroatoms. The van der Waals surface area contributed by atoms with E-state index in [4.69, 9.17) is 0 Å². The highest BCUT2D eigenvalue weighted by molar-refractivity contribution is 5.97. The lowest BCUT2D eigenvalue weighted by Gasteiger charge is -2.18. The molecule has 0 spiro atoms. The summed E-state index contributed by atoms with van der Waals surface area (Å²) in [5, 5.41) is 9.51. The minimum absolute atomic E-state index is 0.0841. The van der Waals surface area contributed by atoms with Crippen LogP contribution in [0.5, 0.6) is 5.75 Å². The molecule has 27 heavy (non-hydrogen) atoms. The number of likely N-dealkylation sites (tertiary alicyclic amines) is 1. The van der Waals surface area contributed by atoms with Crippen LogP contribution in [0.4, 0.5) is 13.2 Å². The maximum atomic E-state index is 13.4. The number of carbonyl (C=O) groups excluding carboxylic acids is 1. The highest BCUT2D eigenvalue weighted by Crippen LogP contribution is 2.35. The molecule has 0 bridgehead atoms. The zero-order chi connectivity index (χ0) is 19.6. The maximum Gasteiger partial charge on any atom is 0.387 e. The molecule has 1 amide bonds. The number of rotatable bonds is 5. The first-order valence-electron chi connectivity index (χ1n) is 8.18. The van der Waals surface area contributed by atoms with E-state index < -0.39 is 41.9 Å². The number of halogens is 3. The summed E-state index contributed by atoms with van der Waals surface area (Å²) in [4.78, 5) is 25.7. The van der Waals surface area contributed by atoms with E-state index in [-0.39, 0.29) is 18.7 Å². The quantitative estimate of drug-likeness (QED) is 0.865. The topological polar surface area (TPSA) is 66.8 Å². The highest BCUT2D eigenvalue weighted by atomic mass is 19.3. The number of aliphatic carboxylic acids is 1. The summed E-state index contributed by atoms with van der Waals surface area (Å²) in [6.45, 7) is -3.20. The lowest BCUT2D eigenvalue weighted by atomic mass is 9.89. The van der Waals surface area contributed by atoms with Crippen molar-refractivity contribution in [2.24, 2.45) is 5.92 Å². The number of alkyl halides is 2. The molecule has 1 N–H and O–H groups in total. The van der Waals surface area contributed by atoms with E-state index in [1.54, 1.807) is 30.3 Å². The Kier molecular flexibility index (Phi) is 5.34. The van der Waals surface area contributed by atoms with E-state index >= 15 is 0 Å². The standard InChI is InChI=1S/C19H16F3NO4/c20-12-6-7-13(16(8-12)27-19(21)22)17(24)23-9-14(15(10-23)18(25)26)11-4-2-1-3-5-11/h1-8,14-15,19H,9-10H2,(H,25,26)/t14-,15-/m1/s1. The summed E-state index contributed by atoms with van der Waals surface area (Å²) in [6.07, 6.45) is 0. The van der Waals surface area contributed by atoms with Gasteiger partial charge in [-0.3, -0.25) is 9.59 Å². The molecule has 5 nitrogen and oxygen atoms in total. The van der Waals surface area contributed by atoms with Gasteiger partial charge in [-0.05, 0) is 17.7 Å². The van der Waals surface area contributed by atoms with Crippen LogP contribution in [0.1, 0.15) is 21.8 Å². The van der Waals surface area contributed by atoms with Gasteiger partial charge in [0, 0.05) is 25.1 Å². The Morgan fingerprint density at radius 2 is 1.81 bits per heavy atom. The smallest absolute Gasteiger partial charge is 0.387 e. The fourth-order valence-corrected chi connectivity index (χ4v) is 3.29. The number of nitrogens with zero attached hydrogens (tertiary/aromatic N) is 1. The lowest BCUT2D eigenvalue weighted by Crippen LogP contribution is -2.30. The van der Waals surface area contributed by atoms with Crippen molar-refractivity contribution in [1.29, 1.82) is 0 Å². The summed E-state index contributed by atoms with van der Waals surface area (Å²) in [6, 6.07) is 11.6. The number of amides is 1. The molecular weight excluding hydrogens is 363 g/mol. The van der Waals surface area contributed by atoms with Crippen molar-refractivity contribution in [2.75, 3.05) is 13.1 Å². The van der Waals surface area contributed by atoms with Gasteiger partial charge in [-0.25, -0.2) is 4.39 Å². The molecule has 1 fully saturated rings. The van der Waals surface area contributed by atoms with Gasteiger partial charge in [0.1, 0.15) is 11.6 Å². The molecule has 1 saturated heterocycles. The molecule has 0 aliphatic carbocycles. The van der Waals surface area contributed by atoms with Crippen LogP contribution in [0.3, 0.4) is 0 Å². The molecule has 1 heterocycles. The molecule has 2 aromatic carbocycles. The van der Waals surface area contributed by atoms with E-state index in [9.17, 15) is 27.9 Å². The van der Waals surface area contributed by atoms with E-state index in [0.29, 0.717) is 6.07 Å². The van der Waals surface area contributed by atoms with Crippen LogP contribution in [0.15, 0.2) is 48.5 Å². The second-order valence-corrected chi connectivity index (χ2v) is 6.19. The first kappa shape index (κ1) is 18.8. The van der Waals surface area contributed by atoms with E-state index in [0.717, 1.165) is 17.7 Å². The maximum absolute atomic E-state index is 13.4. The Labute approximate surface area is 153 Å². The number of carboxylic acid groups (broad SMARTS) is 1. The Balaban J connectivity index is 1.89. The van der Waals surface area contributed by atoms with Gasteiger partial charge >= 0.3 is 12.6 Å². The zero-order valence-corrected chi connectivity index (χ0v) is 14.0. The van der Waals surface area contributed by atoms with Crippen LogP contribution in [0, 0.1) is 11.7 Å². The molecule has 0 radical (unpaired) electrons. The average molecular weight is 379 g/mol. The lowest BCUT2D eigenvalue weighted by molar-refractivity contribution is -0.141. The molecule has 0 unspecified atom stereocenters. The second kappa shape index (κ2) is 7.69. The molecule has 1 aliphatic rings. The van der Waals surface area contributed by atoms with Crippen molar-refractivity contribution < 1.29 is 32.6 Å². The highest BCUT2D eigenvalue weighted by Gasteiger charge is 2.41. The molecular formula is C19H16F3NO4. The van der Waals surface area contributed by atoms with Crippen LogP contribution < -0.4 is 4.74 Å². The van der Waals surface area contributed by atoms with E-state index in [1.165, 1.54) is 4.90 Å². The van der Waals surface area contributed by atoms with Crippen molar-refractivity contribution in [3.63, 3.8) is 0 Å². The van der Waals surface area contributed by atoms with Crippen molar-refractivity contribution in [3.8, 4) is 5.75 Å². The number of benzene rings is 2. The third kappa shape index (κ3) is 4.05. The van der Waals surface area contributed by atoms with Crippen molar-refractivity contribution in [3.05, 3.63) is 65.5 Å². The van der Waals surface area contributed by atoms with Crippen LogP contribution in [0.2, 0.25) is 0 Å². The van der Waals surface area contributed by atoms with Gasteiger partial charge in [-0.2, -0.15) is 8.78 Å². The summed E-state index contributed by atoms with van der Waals surface area (Å²) in [5.41, 5.74) is 0.526. The fraction of sp³-hybridized carbons (Fsp3) is 0.263. The van der Waals surface area contributed by atoms with Crippen LogP contribution in [-0.2, 0) is 4.79 Å². The molecule has 142 valence electrons.